The van der Waals surface area contributed by atoms with E-state index >= 15 is 0 Å². The van der Waals surface area contributed by atoms with Gasteiger partial charge in [-0.15, -0.1) is 10.2 Å². The molecule has 1 aromatic heterocycles. The van der Waals surface area contributed by atoms with Crippen LogP contribution in [0.25, 0.3) is 0 Å². The highest BCUT2D eigenvalue weighted by Gasteiger charge is 2.11. The molecule has 102 valence electrons. The Morgan fingerprint density at radius 2 is 2.00 bits per heavy atom. The van der Waals surface area contributed by atoms with Crippen LogP contribution < -0.4 is 5.32 Å². The minimum Gasteiger partial charge on any atom is -0.308 e. The van der Waals surface area contributed by atoms with Gasteiger partial charge in [0.25, 0.3) is 0 Å². The molecule has 19 heavy (non-hydrogen) atoms. The Labute approximate surface area is 119 Å². The Hall–Kier alpha value is -1.26. The van der Waals surface area contributed by atoms with E-state index in [0.717, 1.165) is 23.0 Å². The largest absolute Gasteiger partial charge is 0.308 e. The molecule has 2 aromatic rings. The number of hydrogen-bond donors (Lipinski definition) is 1. The van der Waals surface area contributed by atoms with E-state index in [4.69, 9.17) is 0 Å². The normalized spacial score (nSPS) is 12.6. The summed E-state index contributed by atoms with van der Waals surface area (Å²) in [6.07, 6.45) is 0.873. The summed E-state index contributed by atoms with van der Waals surface area (Å²) in [5, 5.41) is 14.1. The number of rotatable bonds is 5. The van der Waals surface area contributed by atoms with E-state index in [1.165, 1.54) is 16.7 Å². The van der Waals surface area contributed by atoms with Gasteiger partial charge in [0, 0.05) is 6.42 Å². The predicted octanol–water partition coefficient (Wildman–Crippen LogP) is 3.42. The molecule has 1 aromatic carbocycles. The second-order valence-electron chi connectivity index (χ2n) is 4.91. The molecule has 0 aliphatic carbocycles. The van der Waals surface area contributed by atoms with Crippen LogP contribution in [0, 0.1) is 13.8 Å². The summed E-state index contributed by atoms with van der Waals surface area (Å²) in [5.41, 5.74) is 3.98. The molecule has 4 heteroatoms. The Morgan fingerprint density at radius 1 is 1.21 bits per heavy atom. The monoisotopic (exact) mass is 275 g/mol. The van der Waals surface area contributed by atoms with E-state index in [1.807, 2.05) is 0 Å². The quantitative estimate of drug-likeness (QED) is 0.908. The van der Waals surface area contributed by atoms with Crippen LogP contribution in [0.5, 0.6) is 0 Å². The molecule has 0 saturated carbocycles. The Morgan fingerprint density at radius 3 is 2.68 bits per heavy atom. The first-order valence-electron chi connectivity index (χ1n) is 6.72. The van der Waals surface area contributed by atoms with Crippen LogP contribution in [0.1, 0.15) is 46.6 Å². The highest BCUT2D eigenvalue weighted by atomic mass is 32.1. The van der Waals surface area contributed by atoms with Gasteiger partial charge in [0.1, 0.15) is 10.0 Å². The van der Waals surface area contributed by atoms with Crippen molar-refractivity contribution in [3.8, 4) is 0 Å². The fourth-order valence-corrected chi connectivity index (χ4v) is 2.90. The van der Waals surface area contributed by atoms with E-state index < -0.39 is 0 Å². The standard InChI is InChI=1S/C15H21N3S/c1-5-16-12(4)15-18-17-14(19-15)9-13-7-6-10(2)11(3)8-13/h6-8,12,16H,5,9H2,1-4H3. The number of nitrogens with zero attached hydrogens (tertiary/aromatic N) is 2. The molecular weight excluding hydrogens is 254 g/mol. The Balaban J connectivity index is 2.09. The van der Waals surface area contributed by atoms with Gasteiger partial charge in [-0.25, -0.2) is 0 Å². The van der Waals surface area contributed by atoms with E-state index in [1.54, 1.807) is 11.3 Å². The van der Waals surface area contributed by atoms with Crippen molar-refractivity contribution in [3.05, 3.63) is 44.9 Å². The van der Waals surface area contributed by atoms with Crippen molar-refractivity contribution >= 4 is 11.3 Å². The van der Waals surface area contributed by atoms with Crippen LogP contribution in [0.15, 0.2) is 18.2 Å². The van der Waals surface area contributed by atoms with Crippen molar-refractivity contribution in [2.75, 3.05) is 6.54 Å². The van der Waals surface area contributed by atoms with Crippen LogP contribution in [-0.4, -0.2) is 16.7 Å². The van der Waals surface area contributed by atoms with Crippen LogP contribution in [0.3, 0.4) is 0 Å². The molecule has 0 radical (unpaired) electrons. The summed E-state index contributed by atoms with van der Waals surface area (Å²) >= 11 is 1.70. The van der Waals surface area contributed by atoms with Crippen LogP contribution >= 0.6 is 11.3 Å². The molecular formula is C15H21N3S. The van der Waals surface area contributed by atoms with Gasteiger partial charge in [0.2, 0.25) is 0 Å². The highest BCUT2D eigenvalue weighted by Crippen LogP contribution is 2.21. The summed E-state index contributed by atoms with van der Waals surface area (Å²) in [6.45, 7) is 9.47. The van der Waals surface area contributed by atoms with Crippen molar-refractivity contribution in [2.24, 2.45) is 0 Å². The number of hydrogen-bond acceptors (Lipinski definition) is 4. The van der Waals surface area contributed by atoms with Gasteiger partial charge in [0.05, 0.1) is 6.04 Å². The lowest BCUT2D eigenvalue weighted by atomic mass is 10.0. The van der Waals surface area contributed by atoms with Gasteiger partial charge in [-0.05, 0) is 44.0 Å². The Kier molecular flexibility index (Phi) is 4.66. The average molecular weight is 275 g/mol. The average Bonchev–Trinajstić information content (AvgIpc) is 2.83. The minimum absolute atomic E-state index is 0.288. The van der Waals surface area contributed by atoms with E-state index in [0.29, 0.717) is 0 Å². The lowest BCUT2D eigenvalue weighted by molar-refractivity contribution is 0.589. The molecule has 0 saturated heterocycles. The Bertz CT molecular complexity index is 548. The van der Waals surface area contributed by atoms with Gasteiger partial charge in [-0.2, -0.15) is 0 Å². The summed E-state index contributed by atoms with van der Waals surface area (Å²) in [4.78, 5) is 0. The smallest absolute Gasteiger partial charge is 0.134 e. The summed E-state index contributed by atoms with van der Waals surface area (Å²) < 4.78 is 0. The van der Waals surface area contributed by atoms with Gasteiger partial charge in [-0.1, -0.05) is 36.5 Å². The zero-order valence-electron chi connectivity index (χ0n) is 12.0. The molecule has 3 nitrogen and oxygen atoms in total. The first kappa shape index (κ1) is 14.2. The second-order valence-corrected chi connectivity index (χ2v) is 6.00. The van der Waals surface area contributed by atoms with Crippen molar-refractivity contribution in [3.63, 3.8) is 0 Å². The number of benzene rings is 1. The van der Waals surface area contributed by atoms with Crippen molar-refractivity contribution in [1.82, 2.24) is 15.5 Å². The molecule has 1 unspecified atom stereocenters. The molecule has 0 aliphatic heterocycles. The van der Waals surface area contributed by atoms with Crippen molar-refractivity contribution < 1.29 is 0 Å². The molecule has 1 N–H and O–H groups in total. The van der Waals surface area contributed by atoms with E-state index in [9.17, 15) is 0 Å². The van der Waals surface area contributed by atoms with Crippen LogP contribution in [0.2, 0.25) is 0 Å². The van der Waals surface area contributed by atoms with Crippen molar-refractivity contribution in [1.29, 1.82) is 0 Å². The van der Waals surface area contributed by atoms with Crippen LogP contribution in [-0.2, 0) is 6.42 Å². The van der Waals surface area contributed by atoms with Gasteiger partial charge < -0.3 is 5.32 Å². The maximum Gasteiger partial charge on any atom is 0.134 e. The predicted molar refractivity (Wildman–Crippen MR) is 80.7 cm³/mol. The topological polar surface area (TPSA) is 37.8 Å². The van der Waals surface area contributed by atoms with Gasteiger partial charge >= 0.3 is 0 Å². The summed E-state index contributed by atoms with van der Waals surface area (Å²) in [5.74, 6) is 0. The molecule has 2 rings (SSSR count). The molecule has 0 bridgehead atoms. The molecule has 1 atom stereocenters. The number of nitrogens with one attached hydrogen (secondary N) is 1. The third kappa shape index (κ3) is 3.61. The molecule has 0 fully saturated rings. The minimum atomic E-state index is 0.288. The molecule has 0 aliphatic rings. The van der Waals surface area contributed by atoms with Crippen molar-refractivity contribution in [2.45, 2.75) is 40.2 Å². The number of aromatic nitrogens is 2. The summed E-state index contributed by atoms with van der Waals surface area (Å²) in [6, 6.07) is 6.88. The number of aryl methyl sites for hydroxylation is 2. The third-order valence-corrected chi connectivity index (χ3v) is 4.40. The molecule has 1 heterocycles. The maximum atomic E-state index is 4.30. The van der Waals surface area contributed by atoms with Gasteiger partial charge in [0.15, 0.2) is 0 Å². The van der Waals surface area contributed by atoms with E-state index in [-0.39, 0.29) is 6.04 Å². The van der Waals surface area contributed by atoms with Crippen LogP contribution in [0.4, 0.5) is 0 Å². The zero-order valence-corrected chi connectivity index (χ0v) is 12.8. The third-order valence-electron chi connectivity index (χ3n) is 3.29. The molecule has 0 amide bonds. The second kappa shape index (κ2) is 6.26. The lowest BCUT2D eigenvalue weighted by Crippen LogP contribution is -2.17. The fraction of sp³-hybridized carbons (Fsp3) is 0.467. The lowest BCUT2D eigenvalue weighted by Gasteiger charge is -2.06. The van der Waals surface area contributed by atoms with E-state index in [2.05, 4.69) is 61.4 Å². The van der Waals surface area contributed by atoms with Gasteiger partial charge in [-0.3, -0.25) is 0 Å². The first-order chi connectivity index (χ1) is 9.10. The maximum absolute atomic E-state index is 4.30. The SMILES string of the molecule is CCNC(C)c1nnc(Cc2ccc(C)c(C)c2)s1. The summed E-state index contributed by atoms with van der Waals surface area (Å²) in [7, 11) is 0. The zero-order chi connectivity index (χ0) is 13.8. The first-order valence-corrected chi connectivity index (χ1v) is 7.53. The molecule has 0 spiro atoms. The fourth-order valence-electron chi connectivity index (χ4n) is 1.99. The highest BCUT2D eigenvalue weighted by molar-refractivity contribution is 7.11.